The van der Waals surface area contributed by atoms with Crippen LogP contribution in [0.15, 0.2) is 24.3 Å². The third-order valence-corrected chi connectivity index (χ3v) is 4.29. The summed E-state index contributed by atoms with van der Waals surface area (Å²) < 4.78 is 5.41. The summed E-state index contributed by atoms with van der Waals surface area (Å²) in [5.41, 5.74) is 0.810. The maximum atomic E-state index is 12.2. The number of benzene rings is 1. The topological polar surface area (TPSA) is 61.9 Å². The lowest BCUT2D eigenvalue weighted by Crippen LogP contribution is -2.37. The predicted molar refractivity (Wildman–Crippen MR) is 94.3 cm³/mol. The summed E-state index contributed by atoms with van der Waals surface area (Å²) in [5, 5.41) is 2.93. The number of nitrogens with one attached hydrogen (secondary N) is 1. The normalized spacial score (nSPS) is 17.4. The summed E-state index contributed by atoms with van der Waals surface area (Å²) in [4.78, 5) is 28.3. The highest BCUT2D eigenvalue weighted by Crippen LogP contribution is 2.26. The molecule has 2 rings (SSSR count). The van der Waals surface area contributed by atoms with Crippen LogP contribution in [0, 0.1) is 5.92 Å². The molecule has 1 atom stereocenters. The molecule has 1 N–H and O–H groups in total. The number of carbonyl (C=O) groups excluding carboxylic acids is 2. The molecule has 132 valence electrons. The standard InChI is InChI=1S/C18H27N3O3/c1-4-20(3)11-10-19-18(23)14-12-17(22)21(13-14)15-6-8-16(9-7-15)24-5-2/h6-9,14H,4-5,10-13H2,1-3H3,(H,19,23)/t14-/m0/s1. The van der Waals surface area contributed by atoms with Crippen molar-refractivity contribution in [1.82, 2.24) is 10.2 Å². The van der Waals surface area contributed by atoms with Crippen molar-refractivity contribution in [2.24, 2.45) is 5.92 Å². The second-order valence-corrected chi connectivity index (χ2v) is 6.02. The SMILES string of the molecule is CCOc1ccc(N2C[C@@H](C(=O)NCCN(C)CC)CC2=O)cc1. The average molecular weight is 333 g/mol. The van der Waals surface area contributed by atoms with Crippen LogP contribution in [0.5, 0.6) is 5.75 Å². The number of likely N-dealkylation sites (N-methyl/N-ethyl adjacent to an activating group) is 1. The molecule has 1 saturated heterocycles. The van der Waals surface area contributed by atoms with Crippen molar-refractivity contribution in [3.8, 4) is 5.75 Å². The van der Waals surface area contributed by atoms with E-state index in [2.05, 4.69) is 17.1 Å². The van der Waals surface area contributed by atoms with Gasteiger partial charge in [-0.05, 0) is 44.8 Å². The van der Waals surface area contributed by atoms with Crippen molar-refractivity contribution in [2.45, 2.75) is 20.3 Å². The summed E-state index contributed by atoms with van der Waals surface area (Å²) in [7, 11) is 2.01. The molecular formula is C18H27N3O3. The molecule has 1 aromatic rings. The molecular weight excluding hydrogens is 306 g/mol. The second-order valence-electron chi connectivity index (χ2n) is 6.02. The second kappa shape index (κ2) is 8.68. The molecule has 0 unspecified atom stereocenters. The van der Waals surface area contributed by atoms with Gasteiger partial charge in [0.05, 0.1) is 12.5 Å². The summed E-state index contributed by atoms with van der Waals surface area (Å²) in [6.45, 7) is 7.41. The van der Waals surface area contributed by atoms with Gasteiger partial charge >= 0.3 is 0 Å². The van der Waals surface area contributed by atoms with Crippen LogP contribution in [0.2, 0.25) is 0 Å². The number of anilines is 1. The first-order valence-corrected chi connectivity index (χ1v) is 8.54. The molecule has 0 aliphatic carbocycles. The number of carbonyl (C=O) groups is 2. The van der Waals surface area contributed by atoms with Crippen molar-refractivity contribution in [2.75, 3.05) is 44.7 Å². The Morgan fingerprint density at radius 2 is 2.04 bits per heavy atom. The fourth-order valence-electron chi connectivity index (χ4n) is 2.69. The Hall–Kier alpha value is -2.08. The Kier molecular flexibility index (Phi) is 6.61. The first-order chi connectivity index (χ1) is 11.5. The van der Waals surface area contributed by atoms with Crippen molar-refractivity contribution in [3.05, 3.63) is 24.3 Å². The van der Waals surface area contributed by atoms with Crippen LogP contribution in [0.4, 0.5) is 5.69 Å². The van der Waals surface area contributed by atoms with E-state index in [1.807, 2.05) is 38.2 Å². The molecule has 1 aromatic carbocycles. The minimum atomic E-state index is -0.281. The van der Waals surface area contributed by atoms with E-state index in [0.29, 0.717) is 19.7 Å². The summed E-state index contributed by atoms with van der Waals surface area (Å²) >= 11 is 0. The van der Waals surface area contributed by atoms with E-state index in [9.17, 15) is 9.59 Å². The molecule has 6 nitrogen and oxygen atoms in total. The van der Waals surface area contributed by atoms with E-state index in [1.165, 1.54) is 0 Å². The highest BCUT2D eigenvalue weighted by molar-refractivity contribution is 6.00. The summed E-state index contributed by atoms with van der Waals surface area (Å²) in [5.74, 6) is 0.449. The minimum absolute atomic E-state index is 0.00927. The number of ether oxygens (including phenoxy) is 1. The van der Waals surface area contributed by atoms with E-state index in [4.69, 9.17) is 4.74 Å². The molecule has 1 heterocycles. The Morgan fingerprint density at radius 3 is 2.67 bits per heavy atom. The van der Waals surface area contributed by atoms with Gasteiger partial charge in [0.1, 0.15) is 5.75 Å². The molecule has 6 heteroatoms. The van der Waals surface area contributed by atoms with Gasteiger partial charge in [0.2, 0.25) is 11.8 Å². The number of amides is 2. The van der Waals surface area contributed by atoms with Crippen molar-refractivity contribution in [1.29, 1.82) is 0 Å². The smallest absolute Gasteiger partial charge is 0.227 e. The zero-order valence-corrected chi connectivity index (χ0v) is 14.7. The number of nitrogens with zero attached hydrogens (tertiary/aromatic N) is 2. The first kappa shape index (κ1) is 18.3. The maximum absolute atomic E-state index is 12.2. The van der Waals surface area contributed by atoms with Gasteiger partial charge in [-0.25, -0.2) is 0 Å². The average Bonchev–Trinajstić information content (AvgIpc) is 2.97. The minimum Gasteiger partial charge on any atom is -0.494 e. The Bertz CT molecular complexity index is 559. The van der Waals surface area contributed by atoms with Crippen LogP contribution >= 0.6 is 0 Å². The quantitative estimate of drug-likeness (QED) is 0.783. The molecule has 1 fully saturated rings. The van der Waals surface area contributed by atoms with Crippen LogP contribution < -0.4 is 15.0 Å². The van der Waals surface area contributed by atoms with E-state index >= 15 is 0 Å². The van der Waals surface area contributed by atoms with Crippen LogP contribution in [0.1, 0.15) is 20.3 Å². The maximum Gasteiger partial charge on any atom is 0.227 e. The molecule has 1 aliphatic rings. The van der Waals surface area contributed by atoms with Gasteiger partial charge in [-0.15, -0.1) is 0 Å². The summed E-state index contributed by atoms with van der Waals surface area (Å²) in [6, 6.07) is 7.42. The highest BCUT2D eigenvalue weighted by Gasteiger charge is 2.34. The first-order valence-electron chi connectivity index (χ1n) is 8.54. The fraction of sp³-hybridized carbons (Fsp3) is 0.556. The van der Waals surface area contributed by atoms with E-state index < -0.39 is 0 Å². The number of hydrogen-bond acceptors (Lipinski definition) is 4. The molecule has 2 amide bonds. The lowest BCUT2D eigenvalue weighted by Gasteiger charge is -2.18. The van der Waals surface area contributed by atoms with Crippen LogP contribution in [-0.2, 0) is 9.59 Å². The zero-order chi connectivity index (χ0) is 17.5. The van der Waals surface area contributed by atoms with Crippen molar-refractivity contribution in [3.63, 3.8) is 0 Å². The van der Waals surface area contributed by atoms with Gasteiger partial charge in [-0.3, -0.25) is 9.59 Å². The molecule has 1 aliphatic heterocycles. The molecule has 0 spiro atoms. The van der Waals surface area contributed by atoms with Crippen LogP contribution in [0.3, 0.4) is 0 Å². The molecule has 0 aromatic heterocycles. The monoisotopic (exact) mass is 333 g/mol. The van der Waals surface area contributed by atoms with Gasteiger partial charge in [0, 0.05) is 31.7 Å². The predicted octanol–water partition coefficient (Wildman–Crippen LogP) is 1.51. The highest BCUT2D eigenvalue weighted by atomic mass is 16.5. The lowest BCUT2D eigenvalue weighted by molar-refractivity contribution is -0.126. The van der Waals surface area contributed by atoms with Crippen LogP contribution in [0.25, 0.3) is 0 Å². The van der Waals surface area contributed by atoms with Crippen LogP contribution in [-0.4, -0.2) is 56.5 Å². The van der Waals surface area contributed by atoms with Crippen molar-refractivity contribution >= 4 is 17.5 Å². The van der Waals surface area contributed by atoms with Crippen molar-refractivity contribution < 1.29 is 14.3 Å². The molecule has 0 bridgehead atoms. The zero-order valence-electron chi connectivity index (χ0n) is 14.7. The van der Waals surface area contributed by atoms with E-state index in [-0.39, 0.29) is 24.2 Å². The Balaban J connectivity index is 1.89. The Labute approximate surface area is 143 Å². The molecule has 0 saturated carbocycles. The van der Waals surface area contributed by atoms with Gasteiger partial charge < -0.3 is 19.9 Å². The third kappa shape index (κ3) is 4.71. The van der Waals surface area contributed by atoms with Gasteiger partial charge in [-0.2, -0.15) is 0 Å². The van der Waals surface area contributed by atoms with E-state index in [1.54, 1.807) is 4.90 Å². The van der Waals surface area contributed by atoms with E-state index in [0.717, 1.165) is 24.5 Å². The largest absolute Gasteiger partial charge is 0.494 e. The van der Waals surface area contributed by atoms with Gasteiger partial charge in [0.25, 0.3) is 0 Å². The lowest BCUT2D eigenvalue weighted by atomic mass is 10.1. The number of rotatable bonds is 8. The third-order valence-electron chi connectivity index (χ3n) is 4.29. The summed E-state index contributed by atoms with van der Waals surface area (Å²) in [6.07, 6.45) is 0.267. The van der Waals surface area contributed by atoms with Gasteiger partial charge in [0.15, 0.2) is 0 Å². The Morgan fingerprint density at radius 1 is 1.33 bits per heavy atom. The fourth-order valence-corrected chi connectivity index (χ4v) is 2.69. The number of hydrogen-bond donors (Lipinski definition) is 1. The van der Waals surface area contributed by atoms with Gasteiger partial charge in [-0.1, -0.05) is 6.92 Å². The molecule has 0 radical (unpaired) electrons. The molecule has 24 heavy (non-hydrogen) atoms.